The van der Waals surface area contributed by atoms with Crippen LogP contribution in [0.5, 0.6) is 0 Å². The van der Waals surface area contributed by atoms with E-state index in [0.717, 1.165) is 0 Å². The predicted octanol–water partition coefficient (Wildman–Crippen LogP) is 2.69. The van der Waals surface area contributed by atoms with Gasteiger partial charge in [0.05, 0.1) is 0 Å². The van der Waals surface area contributed by atoms with Crippen LogP contribution in [0.15, 0.2) is 0 Å². The SMILES string of the molecule is PCCCCCCCP. The van der Waals surface area contributed by atoms with Gasteiger partial charge in [-0.1, -0.05) is 19.3 Å². The van der Waals surface area contributed by atoms with Crippen molar-refractivity contribution in [2.24, 2.45) is 0 Å². The van der Waals surface area contributed by atoms with Gasteiger partial charge in [0.15, 0.2) is 0 Å². The molecule has 2 heteroatoms. The summed E-state index contributed by atoms with van der Waals surface area (Å²) in [6.45, 7) is 0. The normalized spacial score (nSPS) is 10.0. The summed E-state index contributed by atoms with van der Waals surface area (Å²) >= 11 is 0. The van der Waals surface area contributed by atoms with Crippen LogP contribution in [-0.2, 0) is 0 Å². The Bertz CT molecular complexity index is 40.2. The molecule has 0 heterocycles. The first kappa shape index (κ1) is 9.86. The van der Waals surface area contributed by atoms with E-state index in [1.54, 1.807) is 0 Å². The summed E-state index contributed by atoms with van der Waals surface area (Å²) in [5, 5.41) is 0. The first-order valence-corrected chi connectivity index (χ1v) is 5.45. The highest BCUT2D eigenvalue weighted by molar-refractivity contribution is 7.16. The zero-order valence-electron chi connectivity index (χ0n) is 6.10. The molecule has 0 aliphatic carbocycles. The summed E-state index contributed by atoms with van der Waals surface area (Å²) in [7, 11) is 5.55. The third-order valence-corrected chi connectivity index (χ3v) is 2.22. The molecule has 0 bridgehead atoms. The Morgan fingerprint density at radius 2 is 0.889 bits per heavy atom. The quantitative estimate of drug-likeness (QED) is 0.418. The van der Waals surface area contributed by atoms with E-state index in [1.807, 2.05) is 0 Å². The molecule has 9 heavy (non-hydrogen) atoms. The largest absolute Gasteiger partial charge is 0.138 e. The summed E-state index contributed by atoms with van der Waals surface area (Å²) in [4.78, 5) is 0. The average Bonchev–Trinajstić information content (AvgIpc) is 1.89. The van der Waals surface area contributed by atoms with Gasteiger partial charge in [0.1, 0.15) is 0 Å². The van der Waals surface area contributed by atoms with Crippen molar-refractivity contribution >= 4 is 18.5 Å². The molecule has 0 saturated heterocycles. The Morgan fingerprint density at radius 1 is 0.556 bits per heavy atom. The maximum absolute atomic E-state index is 2.77. The van der Waals surface area contributed by atoms with Gasteiger partial charge in [-0.15, -0.1) is 18.5 Å². The zero-order chi connectivity index (χ0) is 6.95. The van der Waals surface area contributed by atoms with Gasteiger partial charge in [-0.05, 0) is 25.2 Å². The van der Waals surface area contributed by atoms with Crippen LogP contribution in [0.2, 0.25) is 0 Å². The molecule has 0 aromatic carbocycles. The second-order valence-corrected chi connectivity index (χ2v) is 3.50. The lowest BCUT2D eigenvalue weighted by molar-refractivity contribution is 0.662. The van der Waals surface area contributed by atoms with E-state index >= 15 is 0 Å². The fraction of sp³-hybridized carbons (Fsp3) is 1.00. The van der Waals surface area contributed by atoms with Crippen molar-refractivity contribution in [2.45, 2.75) is 32.1 Å². The zero-order valence-corrected chi connectivity index (χ0v) is 8.41. The van der Waals surface area contributed by atoms with E-state index in [1.165, 1.54) is 44.4 Å². The molecule has 0 N–H and O–H groups in total. The van der Waals surface area contributed by atoms with Gasteiger partial charge >= 0.3 is 0 Å². The van der Waals surface area contributed by atoms with Crippen LogP contribution in [0.3, 0.4) is 0 Å². The third kappa shape index (κ3) is 8.86. The summed E-state index contributed by atoms with van der Waals surface area (Å²) in [5.41, 5.74) is 0. The lowest BCUT2D eigenvalue weighted by Crippen LogP contribution is -1.79. The van der Waals surface area contributed by atoms with Crippen molar-refractivity contribution < 1.29 is 0 Å². The summed E-state index contributed by atoms with van der Waals surface area (Å²) < 4.78 is 0. The smallest absolute Gasteiger partial charge is 0.0381 e. The van der Waals surface area contributed by atoms with E-state index in [2.05, 4.69) is 18.5 Å². The molecule has 0 aliphatic rings. The van der Waals surface area contributed by atoms with Crippen LogP contribution >= 0.6 is 18.5 Å². The number of rotatable bonds is 6. The first-order chi connectivity index (χ1) is 4.41. The Morgan fingerprint density at radius 3 is 1.22 bits per heavy atom. The molecule has 0 saturated carbocycles. The molecule has 0 fully saturated rings. The van der Waals surface area contributed by atoms with Crippen molar-refractivity contribution in [3.8, 4) is 0 Å². The van der Waals surface area contributed by atoms with Gasteiger partial charge in [0.25, 0.3) is 0 Å². The second kappa shape index (κ2) is 8.86. The molecule has 0 aromatic heterocycles. The molecule has 0 amide bonds. The van der Waals surface area contributed by atoms with Crippen LogP contribution < -0.4 is 0 Å². The molecule has 0 rings (SSSR count). The van der Waals surface area contributed by atoms with Crippen LogP contribution in [0.25, 0.3) is 0 Å². The highest BCUT2D eigenvalue weighted by Crippen LogP contribution is 2.05. The molecule has 0 aromatic rings. The Balaban J connectivity index is 2.60. The van der Waals surface area contributed by atoms with E-state index in [0.29, 0.717) is 0 Å². The Kier molecular flexibility index (Phi) is 9.71. The van der Waals surface area contributed by atoms with Gasteiger partial charge in [-0.25, -0.2) is 0 Å². The van der Waals surface area contributed by atoms with Gasteiger partial charge in [-0.2, -0.15) is 0 Å². The minimum Gasteiger partial charge on any atom is -0.138 e. The van der Waals surface area contributed by atoms with Gasteiger partial charge in [0, 0.05) is 0 Å². The molecule has 2 unspecified atom stereocenters. The Labute approximate surface area is 63.6 Å². The summed E-state index contributed by atoms with van der Waals surface area (Å²) in [6, 6.07) is 0. The summed E-state index contributed by atoms with van der Waals surface area (Å²) in [5.74, 6) is 0. The van der Waals surface area contributed by atoms with Crippen LogP contribution in [0.4, 0.5) is 0 Å². The highest BCUT2D eigenvalue weighted by atomic mass is 31.0. The van der Waals surface area contributed by atoms with Crippen molar-refractivity contribution in [2.75, 3.05) is 12.3 Å². The molecule has 56 valence electrons. The number of unbranched alkanes of at least 4 members (excludes halogenated alkanes) is 4. The van der Waals surface area contributed by atoms with Crippen LogP contribution in [0.1, 0.15) is 32.1 Å². The van der Waals surface area contributed by atoms with Crippen molar-refractivity contribution in [1.82, 2.24) is 0 Å². The van der Waals surface area contributed by atoms with Crippen molar-refractivity contribution in [1.29, 1.82) is 0 Å². The average molecular weight is 164 g/mol. The van der Waals surface area contributed by atoms with E-state index in [9.17, 15) is 0 Å². The molecular weight excluding hydrogens is 146 g/mol. The van der Waals surface area contributed by atoms with Gasteiger partial charge < -0.3 is 0 Å². The topological polar surface area (TPSA) is 0 Å². The Hall–Kier alpha value is 0.860. The molecule has 2 atom stereocenters. The van der Waals surface area contributed by atoms with Gasteiger partial charge in [-0.3, -0.25) is 0 Å². The minimum absolute atomic E-state index is 1.28. The molecule has 0 nitrogen and oxygen atoms in total. The second-order valence-electron chi connectivity index (χ2n) is 2.35. The minimum atomic E-state index is 1.28. The van der Waals surface area contributed by atoms with Crippen LogP contribution in [0, 0.1) is 0 Å². The van der Waals surface area contributed by atoms with Crippen molar-refractivity contribution in [3.05, 3.63) is 0 Å². The third-order valence-electron chi connectivity index (χ3n) is 1.41. The van der Waals surface area contributed by atoms with E-state index < -0.39 is 0 Å². The monoisotopic (exact) mass is 164 g/mol. The number of hydrogen-bond acceptors (Lipinski definition) is 0. The predicted molar refractivity (Wildman–Crippen MR) is 52.2 cm³/mol. The van der Waals surface area contributed by atoms with Gasteiger partial charge in [0.2, 0.25) is 0 Å². The number of hydrogen-bond donors (Lipinski definition) is 0. The lowest BCUT2D eigenvalue weighted by Gasteiger charge is -1.95. The van der Waals surface area contributed by atoms with Crippen LogP contribution in [-0.4, -0.2) is 12.3 Å². The van der Waals surface area contributed by atoms with E-state index in [-0.39, 0.29) is 0 Å². The standard InChI is InChI=1S/C7H18P2/c8-6-4-2-1-3-5-7-9/h1-9H2. The lowest BCUT2D eigenvalue weighted by atomic mass is 10.2. The van der Waals surface area contributed by atoms with Crippen molar-refractivity contribution in [3.63, 3.8) is 0 Å². The highest BCUT2D eigenvalue weighted by Gasteiger charge is 1.85. The maximum atomic E-state index is 2.77. The fourth-order valence-corrected chi connectivity index (χ4v) is 1.40. The maximum Gasteiger partial charge on any atom is -0.0381 e. The molecule has 0 spiro atoms. The fourth-order valence-electron chi connectivity index (χ4n) is 0.819. The molecular formula is C7H18P2. The first-order valence-electron chi connectivity index (χ1n) is 3.82. The molecule has 0 radical (unpaired) electrons. The molecule has 0 aliphatic heterocycles. The van der Waals surface area contributed by atoms with E-state index in [4.69, 9.17) is 0 Å². The summed E-state index contributed by atoms with van der Waals surface area (Å²) in [6.07, 6.45) is 9.62.